The molecule has 1 fully saturated rings. The van der Waals surface area contributed by atoms with Crippen molar-refractivity contribution in [2.24, 2.45) is 11.3 Å². The van der Waals surface area contributed by atoms with Gasteiger partial charge in [0, 0.05) is 18.7 Å². The molecule has 2 aromatic rings. The van der Waals surface area contributed by atoms with Gasteiger partial charge in [-0.2, -0.15) is 0 Å². The van der Waals surface area contributed by atoms with Crippen molar-refractivity contribution in [2.75, 3.05) is 13.1 Å². The number of hydrogen-bond donors (Lipinski definition) is 1. The van der Waals surface area contributed by atoms with Gasteiger partial charge >= 0.3 is 0 Å². The molecule has 0 bridgehead atoms. The summed E-state index contributed by atoms with van der Waals surface area (Å²) in [4.78, 5) is 21.8. The molecule has 1 aromatic carbocycles. The molecule has 1 N–H and O–H groups in total. The fraction of sp³-hybridized carbons (Fsp3) is 0.500. The van der Waals surface area contributed by atoms with Gasteiger partial charge in [0.1, 0.15) is 0 Å². The van der Waals surface area contributed by atoms with E-state index in [1.165, 1.54) is 0 Å². The maximum Gasteiger partial charge on any atom is 0.253 e. The number of amides is 1. The number of aromatic amines is 1. The van der Waals surface area contributed by atoms with Crippen LogP contribution in [0.3, 0.4) is 0 Å². The van der Waals surface area contributed by atoms with Gasteiger partial charge in [-0.15, -0.1) is 0 Å². The van der Waals surface area contributed by atoms with E-state index in [-0.39, 0.29) is 11.3 Å². The Kier molecular flexibility index (Phi) is 3.04. The van der Waals surface area contributed by atoms with Crippen LogP contribution in [0.5, 0.6) is 0 Å². The lowest BCUT2D eigenvalue weighted by atomic mass is 9.80. The van der Waals surface area contributed by atoms with Gasteiger partial charge in [-0.25, -0.2) is 4.98 Å². The molecule has 1 atom stereocenters. The highest BCUT2D eigenvalue weighted by Crippen LogP contribution is 2.34. The van der Waals surface area contributed by atoms with Crippen LogP contribution in [0, 0.1) is 11.3 Å². The molecule has 0 saturated carbocycles. The highest BCUT2D eigenvalue weighted by Gasteiger charge is 2.34. The van der Waals surface area contributed by atoms with Crippen molar-refractivity contribution in [1.29, 1.82) is 0 Å². The number of aromatic nitrogens is 2. The molecule has 0 radical (unpaired) electrons. The second kappa shape index (κ2) is 4.62. The van der Waals surface area contributed by atoms with Gasteiger partial charge < -0.3 is 9.88 Å². The van der Waals surface area contributed by atoms with Crippen molar-refractivity contribution >= 4 is 16.9 Å². The SMILES string of the molecule is CC(C)(C)C1CCN(C(=O)c2ccc3nc[nH]c3c2)C1. The van der Waals surface area contributed by atoms with Gasteiger partial charge in [-0.05, 0) is 36.0 Å². The first-order valence-electron chi connectivity index (χ1n) is 7.17. The Labute approximate surface area is 119 Å². The molecule has 1 unspecified atom stereocenters. The molecule has 4 heteroatoms. The van der Waals surface area contributed by atoms with Crippen molar-refractivity contribution in [3.63, 3.8) is 0 Å². The molecule has 106 valence electrons. The van der Waals surface area contributed by atoms with E-state index in [2.05, 4.69) is 30.7 Å². The minimum Gasteiger partial charge on any atom is -0.345 e. The lowest BCUT2D eigenvalue weighted by Crippen LogP contribution is -2.31. The first-order valence-corrected chi connectivity index (χ1v) is 7.17. The van der Waals surface area contributed by atoms with Crippen molar-refractivity contribution in [2.45, 2.75) is 27.2 Å². The molecule has 1 aliphatic heterocycles. The van der Waals surface area contributed by atoms with Gasteiger partial charge in [0.15, 0.2) is 0 Å². The Bertz CT molecular complexity index is 638. The van der Waals surface area contributed by atoms with Crippen LogP contribution < -0.4 is 0 Å². The maximum atomic E-state index is 12.6. The van der Waals surface area contributed by atoms with Crippen molar-refractivity contribution in [3.05, 3.63) is 30.1 Å². The van der Waals surface area contributed by atoms with Crippen LogP contribution in [0.25, 0.3) is 11.0 Å². The van der Waals surface area contributed by atoms with Crippen molar-refractivity contribution < 1.29 is 4.79 Å². The number of carbonyl (C=O) groups excluding carboxylic acids is 1. The zero-order valence-corrected chi connectivity index (χ0v) is 12.3. The third kappa shape index (κ3) is 2.30. The van der Waals surface area contributed by atoms with Crippen molar-refractivity contribution in [3.8, 4) is 0 Å². The quantitative estimate of drug-likeness (QED) is 0.866. The zero-order valence-electron chi connectivity index (χ0n) is 12.3. The fourth-order valence-electron chi connectivity index (χ4n) is 2.90. The number of nitrogens with zero attached hydrogens (tertiary/aromatic N) is 2. The van der Waals surface area contributed by atoms with E-state index in [4.69, 9.17) is 0 Å². The minimum atomic E-state index is 0.133. The van der Waals surface area contributed by atoms with E-state index in [0.29, 0.717) is 5.92 Å². The van der Waals surface area contributed by atoms with Gasteiger partial charge in [0.05, 0.1) is 17.4 Å². The number of likely N-dealkylation sites (tertiary alicyclic amines) is 1. The third-order valence-corrected chi connectivity index (χ3v) is 4.37. The Hall–Kier alpha value is -1.84. The summed E-state index contributed by atoms with van der Waals surface area (Å²) in [6.07, 6.45) is 2.76. The molecule has 20 heavy (non-hydrogen) atoms. The molecule has 4 nitrogen and oxygen atoms in total. The van der Waals surface area contributed by atoms with E-state index < -0.39 is 0 Å². The maximum absolute atomic E-state index is 12.6. The Morgan fingerprint density at radius 3 is 2.90 bits per heavy atom. The largest absolute Gasteiger partial charge is 0.345 e. The first kappa shape index (κ1) is 13.2. The molecule has 0 aliphatic carbocycles. The molecule has 2 heterocycles. The number of imidazole rings is 1. The van der Waals surface area contributed by atoms with Crippen LogP contribution in [-0.2, 0) is 0 Å². The number of rotatable bonds is 1. The molecule has 3 rings (SSSR count). The summed E-state index contributed by atoms with van der Waals surface area (Å²) < 4.78 is 0. The van der Waals surface area contributed by atoms with Crippen LogP contribution >= 0.6 is 0 Å². The molecular weight excluding hydrogens is 250 g/mol. The monoisotopic (exact) mass is 271 g/mol. The predicted octanol–water partition coefficient (Wildman–Crippen LogP) is 3.07. The van der Waals surface area contributed by atoms with E-state index in [1.807, 2.05) is 23.1 Å². The van der Waals surface area contributed by atoms with Crippen LogP contribution in [0.1, 0.15) is 37.6 Å². The van der Waals surface area contributed by atoms with Crippen molar-refractivity contribution in [1.82, 2.24) is 14.9 Å². The van der Waals surface area contributed by atoms with Crippen LogP contribution in [0.15, 0.2) is 24.5 Å². The zero-order chi connectivity index (χ0) is 14.3. The number of carbonyl (C=O) groups is 1. The topological polar surface area (TPSA) is 49.0 Å². The number of nitrogens with one attached hydrogen (secondary N) is 1. The number of H-pyrrole nitrogens is 1. The fourth-order valence-corrected chi connectivity index (χ4v) is 2.90. The Morgan fingerprint density at radius 1 is 1.40 bits per heavy atom. The van der Waals surface area contributed by atoms with E-state index >= 15 is 0 Å². The standard InChI is InChI=1S/C16H21N3O/c1-16(2,3)12-6-7-19(9-12)15(20)11-4-5-13-14(8-11)18-10-17-13/h4-5,8,10,12H,6-7,9H2,1-3H3,(H,17,18). The summed E-state index contributed by atoms with van der Waals surface area (Å²) >= 11 is 0. The van der Waals surface area contributed by atoms with Gasteiger partial charge in [0.2, 0.25) is 0 Å². The predicted molar refractivity (Wildman–Crippen MR) is 79.6 cm³/mol. The van der Waals surface area contributed by atoms with Gasteiger partial charge in [-0.3, -0.25) is 4.79 Å². The molecule has 1 saturated heterocycles. The third-order valence-electron chi connectivity index (χ3n) is 4.37. The van der Waals surface area contributed by atoms with Gasteiger partial charge in [0.25, 0.3) is 5.91 Å². The summed E-state index contributed by atoms with van der Waals surface area (Å²) in [5.74, 6) is 0.718. The summed E-state index contributed by atoms with van der Waals surface area (Å²) in [6.45, 7) is 8.48. The highest BCUT2D eigenvalue weighted by molar-refractivity contribution is 5.97. The lowest BCUT2D eigenvalue weighted by molar-refractivity contribution is 0.0776. The van der Waals surface area contributed by atoms with E-state index in [0.717, 1.165) is 36.1 Å². The van der Waals surface area contributed by atoms with Crippen LogP contribution in [0.4, 0.5) is 0 Å². The summed E-state index contributed by atoms with van der Waals surface area (Å²) in [5.41, 5.74) is 2.83. The van der Waals surface area contributed by atoms with Gasteiger partial charge in [-0.1, -0.05) is 20.8 Å². The second-order valence-electron chi connectivity index (χ2n) is 6.74. The van der Waals surface area contributed by atoms with Crippen LogP contribution in [0.2, 0.25) is 0 Å². The highest BCUT2D eigenvalue weighted by atomic mass is 16.2. The summed E-state index contributed by atoms with van der Waals surface area (Å²) in [6, 6.07) is 5.67. The Balaban J connectivity index is 1.79. The molecular formula is C16H21N3O. The second-order valence-corrected chi connectivity index (χ2v) is 6.74. The molecule has 1 amide bonds. The average molecular weight is 271 g/mol. The Morgan fingerprint density at radius 2 is 2.20 bits per heavy atom. The average Bonchev–Trinajstić information content (AvgIpc) is 3.05. The number of benzene rings is 1. The smallest absolute Gasteiger partial charge is 0.253 e. The summed E-state index contributed by atoms with van der Waals surface area (Å²) in [5, 5.41) is 0. The number of fused-ring (bicyclic) bond motifs is 1. The molecule has 1 aliphatic rings. The molecule has 1 aromatic heterocycles. The normalized spacial score (nSPS) is 19.8. The van der Waals surface area contributed by atoms with E-state index in [9.17, 15) is 4.79 Å². The number of hydrogen-bond acceptors (Lipinski definition) is 2. The lowest BCUT2D eigenvalue weighted by Gasteiger charge is -2.27. The summed E-state index contributed by atoms with van der Waals surface area (Å²) in [7, 11) is 0. The van der Waals surface area contributed by atoms with E-state index in [1.54, 1.807) is 6.33 Å². The van der Waals surface area contributed by atoms with Crippen LogP contribution in [-0.4, -0.2) is 33.9 Å². The molecule has 0 spiro atoms. The minimum absolute atomic E-state index is 0.133. The first-order chi connectivity index (χ1) is 9.45.